The Morgan fingerprint density at radius 1 is 1.03 bits per heavy atom. The zero-order chi connectivity index (χ0) is 24.1. The van der Waals surface area contributed by atoms with Crippen LogP contribution in [0.4, 0.5) is 0 Å². The highest BCUT2D eigenvalue weighted by Crippen LogP contribution is 2.33. The first-order valence-corrected chi connectivity index (χ1v) is 11.3. The lowest BCUT2D eigenvalue weighted by atomic mass is 9.79. The maximum atomic E-state index is 12.2. The van der Waals surface area contributed by atoms with Crippen molar-refractivity contribution in [2.45, 2.75) is 44.2 Å². The number of aliphatic carboxylic acids is 2. The molecule has 33 heavy (non-hydrogen) atoms. The van der Waals surface area contributed by atoms with Crippen molar-refractivity contribution in [3.63, 3.8) is 0 Å². The van der Waals surface area contributed by atoms with Gasteiger partial charge < -0.3 is 30.3 Å². The van der Waals surface area contributed by atoms with Crippen molar-refractivity contribution in [2.24, 2.45) is 0 Å². The van der Waals surface area contributed by atoms with Crippen molar-refractivity contribution in [3.8, 4) is 5.75 Å². The molecule has 1 aliphatic heterocycles. The molecular weight excluding hydrogens is 430 g/mol. The molecule has 2 fully saturated rings. The molecule has 1 aromatic carbocycles. The van der Waals surface area contributed by atoms with Crippen LogP contribution in [-0.2, 0) is 25.7 Å². The van der Waals surface area contributed by atoms with Crippen molar-refractivity contribution in [1.82, 2.24) is 15.5 Å². The average Bonchev–Trinajstić information content (AvgIpc) is 2.84. The lowest BCUT2D eigenvalue weighted by Gasteiger charge is -2.48. The number of benzene rings is 1. The molecule has 0 radical (unpaired) electrons. The molecule has 10 heteroatoms. The number of morpholine rings is 1. The number of hydrogen-bond donors (Lipinski definition) is 4. The standard InChI is InChI=1S/C21H33N3O3.C2H2O4/c1-26-19-7-5-18(6-8-19)15-23-20(25)16-22-17-21(9-3-2-4-10-21)24-11-13-27-14-12-24;3-1(4)2(5)6/h5-8,22H,2-4,9-17H2,1H3,(H,23,25);(H,3,4)(H,5,6). The number of carboxylic acids is 2. The minimum atomic E-state index is -1.82. The van der Waals surface area contributed by atoms with Crippen LogP contribution in [0, 0.1) is 0 Å². The van der Waals surface area contributed by atoms with Crippen LogP contribution in [0.2, 0.25) is 0 Å². The smallest absolute Gasteiger partial charge is 0.414 e. The summed E-state index contributed by atoms with van der Waals surface area (Å²) >= 11 is 0. The van der Waals surface area contributed by atoms with E-state index in [0.29, 0.717) is 13.1 Å². The maximum absolute atomic E-state index is 12.2. The zero-order valence-corrected chi connectivity index (χ0v) is 19.2. The molecule has 1 amide bonds. The molecule has 2 aliphatic rings. The Labute approximate surface area is 194 Å². The molecule has 0 aromatic heterocycles. The number of methoxy groups -OCH3 is 1. The number of hydrogen-bond acceptors (Lipinski definition) is 7. The minimum absolute atomic E-state index is 0.0405. The van der Waals surface area contributed by atoms with Crippen molar-refractivity contribution >= 4 is 17.8 Å². The first kappa shape index (κ1) is 26.6. The molecule has 1 aliphatic carbocycles. The SMILES string of the molecule is COc1ccc(CNC(=O)CNCC2(N3CCOCC3)CCCCC2)cc1.O=C(O)C(=O)O. The Morgan fingerprint density at radius 3 is 2.18 bits per heavy atom. The summed E-state index contributed by atoms with van der Waals surface area (Å²) in [6.45, 7) is 5.44. The quantitative estimate of drug-likeness (QED) is 0.416. The summed E-state index contributed by atoms with van der Waals surface area (Å²) in [4.78, 5) is 33.0. The van der Waals surface area contributed by atoms with E-state index in [0.717, 1.165) is 44.2 Å². The molecule has 0 bridgehead atoms. The van der Waals surface area contributed by atoms with E-state index < -0.39 is 11.9 Å². The summed E-state index contributed by atoms with van der Waals surface area (Å²) in [6.07, 6.45) is 6.32. The van der Waals surface area contributed by atoms with Crippen LogP contribution in [0.15, 0.2) is 24.3 Å². The van der Waals surface area contributed by atoms with Gasteiger partial charge in [0.15, 0.2) is 0 Å². The molecule has 1 saturated carbocycles. The van der Waals surface area contributed by atoms with E-state index in [1.165, 1.54) is 32.1 Å². The molecule has 10 nitrogen and oxygen atoms in total. The monoisotopic (exact) mass is 465 g/mol. The third kappa shape index (κ3) is 8.99. The number of rotatable bonds is 8. The van der Waals surface area contributed by atoms with Gasteiger partial charge in [-0.1, -0.05) is 31.4 Å². The molecule has 0 atom stereocenters. The van der Waals surface area contributed by atoms with Gasteiger partial charge in [0.05, 0.1) is 26.9 Å². The van der Waals surface area contributed by atoms with E-state index in [1.54, 1.807) is 7.11 Å². The summed E-state index contributed by atoms with van der Waals surface area (Å²) in [5.41, 5.74) is 1.26. The number of nitrogens with zero attached hydrogens (tertiary/aromatic N) is 1. The van der Waals surface area contributed by atoms with Crippen LogP contribution in [-0.4, -0.2) is 85.0 Å². The Kier molecular flexibility index (Phi) is 11.1. The van der Waals surface area contributed by atoms with Crippen LogP contribution in [0.1, 0.15) is 37.7 Å². The third-order valence-corrected chi connectivity index (χ3v) is 6.04. The summed E-state index contributed by atoms with van der Waals surface area (Å²) in [5, 5.41) is 21.2. The van der Waals surface area contributed by atoms with Crippen LogP contribution in [0.3, 0.4) is 0 Å². The Hall–Kier alpha value is -2.69. The fourth-order valence-electron chi connectivity index (χ4n) is 4.27. The minimum Gasteiger partial charge on any atom is -0.497 e. The van der Waals surface area contributed by atoms with E-state index in [1.807, 2.05) is 24.3 Å². The van der Waals surface area contributed by atoms with Crippen LogP contribution in [0.25, 0.3) is 0 Å². The highest BCUT2D eigenvalue weighted by molar-refractivity contribution is 6.27. The molecule has 184 valence electrons. The first-order valence-electron chi connectivity index (χ1n) is 11.3. The number of ether oxygens (including phenoxy) is 2. The molecule has 0 spiro atoms. The summed E-state index contributed by atoms with van der Waals surface area (Å²) in [6, 6.07) is 7.77. The number of amides is 1. The van der Waals surface area contributed by atoms with E-state index in [-0.39, 0.29) is 11.4 Å². The second kappa shape index (κ2) is 13.8. The van der Waals surface area contributed by atoms with E-state index in [2.05, 4.69) is 15.5 Å². The second-order valence-electron chi connectivity index (χ2n) is 8.22. The molecule has 1 saturated heterocycles. The predicted octanol–water partition coefficient (Wildman–Crippen LogP) is 1.09. The summed E-state index contributed by atoms with van der Waals surface area (Å²) in [7, 11) is 1.65. The largest absolute Gasteiger partial charge is 0.497 e. The van der Waals surface area contributed by atoms with Gasteiger partial charge in [-0.15, -0.1) is 0 Å². The Morgan fingerprint density at radius 2 is 1.64 bits per heavy atom. The highest BCUT2D eigenvalue weighted by Gasteiger charge is 2.38. The Balaban J connectivity index is 0.000000569. The molecule has 1 heterocycles. The van der Waals surface area contributed by atoms with Gasteiger partial charge >= 0.3 is 11.9 Å². The van der Waals surface area contributed by atoms with E-state index in [4.69, 9.17) is 29.3 Å². The topological polar surface area (TPSA) is 137 Å². The van der Waals surface area contributed by atoms with Gasteiger partial charge in [0.1, 0.15) is 5.75 Å². The molecule has 0 unspecified atom stereocenters. The highest BCUT2D eigenvalue weighted by atomic mass is 16.5. The van der Waals surface area contributed by atoms with Crippen molar-refractivity contribution < 1.29 is 34.1 Å². The van der Waals surface area contributed by atoms with Crippen molar-refractivity contribution in [3.05, 3.63) is 29.8 Å². The molecular formula is C23H35N3O7. The fraction of sp³-hybridized carbons (Fsp3) is 0.609. The maximum Gasteiger partial charge on any atom is 0.414 e. The van der Waals surface area contributed by atoms with Crippen LogP contribution < -0.4 is 15.4 Å². The van der Waals surface area contributed by atoms with Gasteiger partial charge in [0.25, 0.3) is 0 Å². The lowest BCUT2D eigenvalue weighted by Crippen LogP contribution is -2.59. The predicted molar refractivity (Wildman–Crippen MR) is 121 cm³/mol. The average molecular weight is 466 g/mol. The lowest BCUT2D eigenvalue weighted by molar-refractivity contribution is -0.159. The molecule has 4 N–H and O–H groups in total. The van der Waals surface area contributed by atoms with Gasteiger partial charge in [-0.25, -0.2) is 9.59 Å². The van der Waals surface area contributed by atoms with E-state index in [9.17, 15) is 4.79 Å². The number of carboxylic acid groups (broad SMARTS) is 2. The molecule has 3 rings (SSSR count). The fourth-order valence-corrected chi connectivity index (χ4v) is 4.27. The van der Waals surface area contributed by atoms with Crippen molar-refractivity contribution in [1.29, 1.82) is 0 Å². The van der Waals surface area contributed by atoms with Crippen LogP contribution in [0.5, 0.6) is 5.75 Å². The van der Waals surface area contributed by atoms with Gasteiger partial charge in [-0.05, 0) is 30.5 Å². The number of carbonyl (C=O) groups is 3. The first-order chi connectivity index (χ1) is 15.9. The third-order valence-electron chi connectivity index (χ3n) is 6.04. The molecule has 1 aromatic rings. The summed E-state index contributed by atoms with van der Waals surface area (Å²) in [5.74, 6) is -2.78. The number of nitrogens with one attached hydrogen (secondary N) is 2. The van der Waals surface area contributed by atoms with Crippen molar-refractivity contribution in [2.75, 3.05) is 46.5 Å². The van der Waals surface area contributed by atoms with Gasteiger partial charge in [-0.3, -0.25) is 9.69 Å². The normalized spacial score (nSPS) is 17.8. The van der Waals surface area contributed by atoms with Gasteiger partial charge in [0.2, 0.25) is 5.91 Å². The van der Waals surface area contributed by atoms with E-state index >= 15 is 0 Å². The Bertz CT molecular complexity index is 746. The van der Waals surface area contributed by atoms with Gasteiger partial charge in [-0.2, -0.15) is 0 Å². The van der Waals surface area contributed by atoms with Crippen LogP contribution >= 0.6 is 0 Å². The zero-order valence-electron chi connectivity index (χ0n) is 19.2. The van der Waals surface area contributed by atoms with Gasteiger partial charge in [0, 0.05) is 31.7 Å². The number of carbonyl (C=O) groups excluding carboxylic acids is 1. The summed E-state index contributed by atoms with van der Waals surface area (Å²) < 4.78 is 10.7. The second-order valence-corrected chi connectivity index (χ2v) is 8.22.